The number of halogens is 3. The van der Waals surface area contributed by atoms with E-state index in [1.54, 1.807) is 31.2 Å². The third kappa shape index (κ3) is 7.77. The minimum Gasteiger partial charge on any atom is -0.352 e. The summed E-state index contributed by atoms with van der Waals surface area (Å²) in [7, 11) is -3.89. The average Bonchev–Trinajstić information content (AvgIpc) is 2.74. The molecule has 0 unspecified atom stereocenters. The molecule has 0 aliphatic carbocycles. The summed E-state index contributed by atoms with van der Waals surface area (Å²) in [5.74, 6) is -0.927. The van der Waals surface area contributed by atoms with Crippen LogP contribution < -0.4 is 9.62 Å². The maximum Gasteiger partial charge on any atom is 0.244 e. The van der Waals surface area contributed by atoms with Crippen LogP contribution in [-0.2, 0) is 26.2 Å². The summed E-state index contributed by atoms with van der Waals surface area (Å²) in [5.41, 5.74) is 0.806. The van der Waals surface area contributed by atoms with Gasteiger partial charge in [-0.1, -0.05) is 53.9 Å². The number of nitrogens with zero attached hydrogens (tertiary/aromatic N) is 2. The summed E-state index contributed by atoms with van der Waals surface area (Å²) in [6, 6.07) is 10.2. The molecule has 0 saturated carbocycles. The summed E-state index contributed by atoms with van der Waals surface area (Å²) in [4.78, 5) is 27.7. The highest BCUT2D eigenvalue weighted by molar-refractivity contribution is 7.92. The number of hydrogen-bond acceptors (Lipinski definition) is 4. The Morgan fingerprint density at radius 2 is 1.68 bits per heavy atom. The first-order valence-corrected chi connectivity index (χ1v) is 13.6. The largest absolute Gasteiger partial charge is 0.352 e. The van der Waals surface area contributed by atoms with Crippen molar-refractivity contribution in [1.82, 2.24) is 10.2 Å². The Kier molecular flexibility index (Phi) is 10.1. The van der Waals surface area contributed by atoms with Gasteiger partial charge in [-0.25, -0.2) is 8.42 Å². The van der Waals surface area contributed by atoms with E-state index in [0.29, 0.717) is 15.6 Å². The predicted molar refractivity (Wildman–Crippen MR) is 138 cm³/mol. The first-order chi connectivity index (χ1) is 15.8. The van der Waals surface area contributed by atoms with Gasteiger partial charge >= 0.3 is 0 Å². The summed E-state index contributed by atoms with van der Waals surface area (Å²) in [5, 5.41) is 3.75. The SMILES string of the molecule is CC[C@H](C)NC(=O)[C@H](C)N(Cc1cccc(Cl)c1)C(=O)CN(c1ccc(Cl)cc1Cl)S(C)(=O)=O. The Bertz CT molecular complexity index is 1140. The van der Waals surface area contributed by atoms with Gasteiger partial charge in [0.05, 0.1) is 17.0 Å². The van der Waals surface area contributed by atoms with Crippen LogP contribution in [0.3, 0.4) is 0 Å². The summed E-state index contributed by atoms with van der Waals surface area (Å²) in [6.45, 7) is 4.90. The molecule has 2 amide bonds. The first-order valence-electron chi connectivity index (χ1n) is 10.6. The highest BCUT2D eigenvalue weighted by atomic mass is 35.5. The number of amides is 2. The molecule has 11 heteroatoms. The summed E-state index contributed by atoms with van der Waals surface area (Å²) in [6.07, 6.45) is 1.70. The Balaban J connectivity index is 2.42. The van der Waals surface area contributed by atoms with E-state index >= 15 is 0 Å². The average molecular weight is 549 g/mol. The normalized spacial score (nSPS) is 13.1. The van der Waals surface area contributed by atoms with Crippen molar-refractivity contribution in [2.75, 3.05) is 17.1 Å². The molecule has 0 heterocycles. The minimum absolute atomic E-state index is 0.0560. The summed E-state index contributed by atoms with van der Waals surface area (Å²) < 4.78 is 26.1. The Labute approximate surface area is 216 Å². The molecule has 0 aliphatic heterocycles. The molecule has 0 saturated heterocycles. The lowest BCUT2D eigenvalue weighted by atomic mass is 10.1. The van der Waals surface area contributed by atoms with E-state index in [-0.39, 0.29) is 29.2 Å². The van der Waals surface area contributed by atoms with Crippen molar-refractivity contribution in [3.05, 3.63) is 63.1 Å². The number of benzene rings is 2. The van der Waals surface area contributed by atoms with E-state index in [0.717, 1.165) is 17.0 Å². The number of rotatable bonds is 10. The number of nitrogens with one attached hydrogen (secondary N) is 1. The Morgan fingerprint density at radius 1 is 1.03 bits per heavy atom. The molecule has 0 aliphatic rings. The van der Waals surface area contributed by atoms with Crippen LogP contribution in [-0.4, -0.2) is 50.0 Å². The number of carbonyl (C=O) groups is 2. The van der Waals surface area contributed by atoms with E-state index in [4.69, 9.17) is 34.8 Å². The molecule has 0 fully saturated rings. The molecule has 0 radical (unpaired) electrons. The van der Waals surface area contributed by atoms with Gasteiger partial charge in [-0.2, -0.15) is 0 Å². The molecule has 2 rings (SSSR count). The monoisotopic (exact) mass is 547 g/mol. The zero-order valence-electron chi connectivity index (χ0n) is 19.4. The van der Waals surface area contributed by atoms with Gasteiger partial charge in [0, 0.05) is 22.6 Å². The van der Waals surface area contributed by atoms with Crippen LogP contribution in [0.2, 0.25) is 15.1 Å². The van der Waals surface area contributed by atoms with E-state index in [1.165, 1.54) is 23.1 Å². The lowest BCUT2D eigenvalue weighted by molar-refractivity contribution is -0.139. The topological polar surface area (TPSA) is 86.8 Å². The van der Waals surface area contributed by atoms with Gasteiger partial charge in [-0.15, -0.1) is 0 Å². The third-order valence-electron chi connectivity index (χ3n) is 5.27. The third-order valence-corrected chi connectivity index (χ3v) is 7.17. The van der Waals surface area contributed by atoms with Gasteiger partial charge < -0.3 is 10.2 Å². The molecular weight excluding hydrogens is 521 g/mol. The van der Waals surface area contributed by atoms with Gasteiger partial charge in [0.2, 0.25) is 21.8 Å². The second-order valence-corrected chi connectivity index (χ2v) is 11.2. The van der Waals surface area contributed by atoms with Crippen LogP contribution in [0, 0.1) is 0 Å². The molecule has 0 spiro atoms. The van der Waals surface area contributed by atoms with E-state index in [9.17, 15) is 18.0 Å². The van der Waals surface area contributed by atoms with E-state index in [1.807, 2.05) is 13.8 Å². The molecule has 2 atom stereocenters. The van der Waals surface area contributed by atoms with Crippen LogP contribution in [0.4, 0.5) is 5.69 Å². The molecule has 7 nitrogen and oxygen atoms in total. The molecule has 0 bridgehead atoms. The number of anilines is 1. The van der Waals surface area contributed by atoms with Gasteiger partial charge in [-0.3, -0.25) is 13.9 Å². The molecule has 0 aromatic heterocycles. The Hall–Kier alpha value is -2.00. The molecule has 186 valence electrons. The first kappa shape index (κ1) is 28.2. The molecule has 2 aromatic carbocycles. The highest BCUT2D eigenvalue weighted by Crippen LogP contribution is 2.30. The van der Waals surface area contributed by atoms with Crippen molar-refractivity contribution in [1.29, 1.82) is 0 Å². The van der Waals surface area contributed by atoms with E-state index < -0.39 is 28.5 Å². The summed E-state index contributed by atoms with van der Waals surface area (Å²) >= 11 is 18.3. The van der Waals surface area contributed by atoms with Gasteiger partial charge in [-0.05, 0) is 56.2 Å². The maximum absolute atomic E-state index is 13.5. The van der Waals surface area contributed by atoms with Crippen LogP contribution in [0.1, 0.15) is 32.8 Å². The fourth-order valence-corrected chi connectivity index (χ4v) is 4.79. The number of hydrogen-bond donors (Lipinski definition) is 1. The van der Waals surface area contributed by atoms with Crippen LogP contribution >= 0.6 is 34.8 Å². The second-order valence-electron chi connectivity index (χ2n) is 8.01. The maximum atomic E-state index is 13.5. The molecule has 2 aromatic rings. The number of carbonyl (C=O) groups excluding carboxylic acids is 2. The number of sulfonamides is 1. The van der Waals surface area contributed by atoms with Crippen LogP contribution in [0.5, 0.6) is 0 Å². The lowest BCUT2D eigenvalue weighted by Gasteiger charge is -2.32. The van der Waals surface area contributed by atoms with Gasteiger partial charge in [0.25, 0.3) is 0 Å². The molecule has 34 heavy (non-hydrogen) atoms. The molecular formula is C23H28Cl3N3O4S. The van der Waals surface area contributed by atoms with Crippen molar-refractivity contribution >= 4 is 62.3 Å². The lowest BCUT2D eigenvalue weighted by Crippen LogP contribution is -2.52. The molecule has 1 N–H and O–H groups in total. The van der Waals surface area contributed by atoms with Gasteiger partial charge in [0.1, 0.15) is 12.6 Å². The van der Waals surface area contributed by atoms with Crippen LogP contribution in [0.15, 0.2) is 42.5 Å². The van der Waals surface area contributed by atoms with Crippen molar-refractivity contribution in [3.8, 4) is 0 Å². The predicted octanol–water partition coefficient (Wildman–Crippen LogP) is 4.74. The van der Waals surface area contributed by atoms with Crippen molar-refractivity contribution < 1.29 is 18.0 Å². The zero-order valence-corrected chi connectivity index (χ0v) is 22.5. The quantitative estimate of drug-likeness (QED) is 0.464. The van der Waals surface area contributed by atoms with Crippen LogP contribution in [0.25, 0.3) is 0 Å². The minimum atomic E-state index is -3.89. The van der Waals surface area contributed by atoms with Crippen molar-refractivity contribution in [2.24, 2.45) is 0 Å². The van der Waals surface area contributed by atoms with E-state index in [2.05, 4.69) is 5.32 Å². The Morgan fingerprint density at radius 3 is 2.24 bits per heavy atom. The smallest absolute Gasteiger partial charge is 0.244 e. The fourth-order valence-electron chi connectivity index (χ4n) is 3.16. The van der Waals surface area contributed by atoms with Crippen molar-refractivity contribution in [2.45, 2.75) is 45.8 Å². The zero-order chi connectivity index (χ0) is 25.6. The fraction of sp³-hybridized carbons (Fsp3) is 0.391. The van der Waals surface area contributed by atoms with Gasteiger partial charge in [0.15, 0.2) is 0 Å². The van der Waals surface area contributed by atoms with Crippen molar-refractivity contribution in [3.63, 3.8) is 0 Å². The highest BCUT2D eigenvalue weighted by Gasteiger charge is 2.31. The second kappa shape index (κ2) is 12.1. The standard InChI is InChI=1S/C23H28Cl3N3O4S/c1-5-15(2)27-23(31)16(3)28(13-17-7-6-8-18(24)11-17)22(30)14-29(34(4,32)33)21-10-9-19(25)12-20(21)26/h6-12,15-16H,5,13-14H2,1-4H3,(H,27,31)/t15-,16-/m0/s1.